The molecule has 1 aliphatic carbocycles. The third-order valence-electron chi connectivity index (χ3n) is 3.42. The van der Waals surface area contributed by atoms with Crippen molar-refractivity contribution in [1.29, 1.82) is 0 Å². The number of halogens is 2. The predicted molar refractivity (Wildman–Crippen MR) is 88.2 cm³/mol. The Labute approximate surface area is 148 Å². The number of benzene rings is 1. The Balaban J connectivity index is 1.99. The van der Waals surface area contributed by atoms with Crippen LogP contribution >= 0.6 is 23.2 Å². The van der Waals surface area contributed by atoms with Crippen molar-refractivity contribution < 1.29 is 22.9 Å². The number of carbonyl (C=O) groups excluding carboxylic acids is 1. The third kappa shape index (κ3) is 4.71. The quantitative estimate of drug-likeness (QED) is 0.324. The Morgan fingerprint density at radius 3 is 2.62 bits per heavy atom. The van der Waals surface area contributed by atoms with Gasteiger partial charge in [0.05, 0.1) is 16.4 Å². The molecule has 0 bridgehead atoms. The van der Waals surface area contributed by atoms with Gasteiger partial charge in [-0.25, -0.2) is 8.42 Å². The third-order valence-corrected chi connectivity index (χ3v) is 5.45. The van der Waals surface area contributed by atoms with Crippen LogP contribution in [0.4, 0.5) is 11.4 Å². The standard InChI is InChI=1S/C13H14Cl2N2O6S/c1-24(21,22)9-2-3-10(11(4-9)17(19)20)16-6-12(18)23-7-8-5-13(8,14)15/h2-4,8,16H,5-7H2,1H3. The summed E-state index contributed by atoms with van der Waals surface area (Å²) in [5.41, 5.74) is -0.437. The minimum Gasteiger partial charge on any atom is -0.464 e. The van der Waals surface area contributed by atoms with Crippen molar-refractivity contribution in [2.75, 3.05) is 24.7 Å². The summed E-state index contributed by atoms with van der Waals surface area (Å²) in [7, 11) is -3.58. The van der Waals surface area contributed by atoms with Crippen LogP contribution in [-0.2, 0) is 19.4 Å². The van der Waals surface area contributed by atoms with E-state index >= 15 is 0 Å². The van der Waals surface area contributed by atoms with Crippen molar-refractivity contribution >= 4 is 50.4 Å². The second kappa shape index (κ2) is 6.73. The van der Waals surface area contributed by atoms with Gasteiger partial charge in [-0.2, -0.15) is 0 Å². The van der Waals surface area contributed by atoms with E-state index in [9.17, 15) is 23.3 Å². The minimum atomic E-state index is -3.58. The summed E-state index contributed by atoms with van der Waals surface area (Å²) >= 11 is 11.6. The molecule has 1 aromatic rings. The van der Waals surface area contributed by atoms with Gasteiger partial charge in [-0.3, -0.25) is 14.9 Å². The molecular weight excluding hydrogens is 383 g/mol. The second-order valence-corrected chi connectivity index (χ2v) is 8.96. The summed E-state index contributed by atoms with van der Waals surface area (Å²) in [6.07, 6.45) is 1.48. The van der Waals surface area contributed by atoms with Crippen LogP contribution in [0.2, 0.25) is 0 Å². The van der Waals surface area contributed by atoms with Crippen LogP contribution in [0.1, 0.15) is 6.42 Å². The first-order valence-electron chi connectivity index (χ1n) is 6.76. The van der Waals surface area contributed by atoms with Gasteiger partial charge in [-0.05, 0) is 18.6 Å². The monoisotopic (exact) mass is 396 g/mol. The van der Waals surface area contributed by atoms with Gasteiger partial charge in [0.25, 0.3) is 5.69 Å². The number of nitrogens with one attached hydrogen (secondary N) is 1. The largest absolute Gasteiger partial charge is 0.464 e. The molecule has 1 N–H and O–H groups in total. The average molecular weight is 397 g/mol. The molecule has 0 radical (unpaired) electrons. The number of hydrogen-bond donors (Lipinski definition) is 1. The first-order valence-corrected chi connectivity index (χ1v) is 9.41. The van der Waals surface area contributed by atoms with Gasteiger partial charge in [0, 0.05) is 18.2 Å². The van der Waals surface area contributed by atoms with E-state index in [1.54, 1.807) is 0 Å². The second-order valence-electron chi connectivity index (χ2n) is 5.41. The molecule has 0 aliphatic heterocycles. The topological polar surface area (TPSA) is 116 Å². The number of nitro groups is 1. The normalized spacial score (nSPS) is 18.7. The van der Waals surface area contributed by atoms with Gasteiger partial charge < -0.3 is 10.1 Å². The van der Waals surface area contributed by atoms with Crippen LogP contribution in [0.15, 0.2) is 23.1 Å². The fourth-order valence-electron chi connectivity index (χ4n) is 1.91. The van der Waals surface area contributed by atoms with Crippen molar-refractivity contribution in [3.8, 4) is 0 Å². The van der Waals surface area contributed by atoms with E-state index in [-0.39, 0.29) is 29.7 Å². The van der Waals surface area contributed by atoms with Crippen LogP contribution in [0, 0.1) is 16.0 Å². The lowest BCUT2D eigenvalue weighted by molar-refractivity contribution is -0.384. The van der Waals surface area contributed by atoms with Gasteiger partial charge in [-0.1, -0.05) is 0 Å². The summed E-state index contributed by atoms with van der Waals surface area (Å²) in [4.78, 5) is 21.8. The number of anilines is 1. The molecular formula is C13H14Cl2N2O6S. The average Bonchev–Trinajstić information content (AvgIpc) is 3.09. The molecule has 0 amide bonds. The van der Waals surface area contributed by atoms with Crippen molar-refractivity contribution in [2.45, 2.75) is 15.6 Å². The number of rotatable bonds is 7. The number of hydrogen-bond acceptors (Lipinski definition) is 7. The van der Waals surface area contributed by atoms with E-state index in [2.05, 4.69) is 5.32 Å². The van der Waals surface area contributed by atoms with Gasteiger partial charge in [0.15, 0.2) is 9.84 Å². The van der Waals surface area contributed by atoms with Gasteiger partial charge in [0.2, 0.25) is 0 Å². The van der Waals surface area contributed by atoms with Crippen molar-refractivity contribution in [2.24, 2.45) is 5.92 Å². The zero-order valence-corrected chi connectivity index (χ0v) is 14.8. The van der Waals surface area contributed by atoms with Crippen molar-refractivity contribution in [1.82, 2.24) is 0 Å². The highest BCUT2D eigenvalue weighted by Crippen LogP contribution is 2.53. The predicted octanol–water partition coefficient (Wildman–Crippen LogP) is 2.15. The zero-order chi connectivity index (χ0) is 18.1. The fraction of sp³-hybridized carbons (Fsp3) is 0.462. The molecule has 24 heavy (non-hydrogen) atoms. The summed E-state index contributed by atoms with van der Waals surface area (Å²) in [5.74, 6) is -0.749. The molecule has 2 rings (SSSR count). The summed E-state index contributed by atoms with van der Waals surface area (Å²) < 4.78 is 27.0. The number of esters is 1. The first kappa shape index (κ1) is 18.8. The van der Waals surface area contributed by atoms with E-state index < -0.39 is 30.8 Å². The molecule has 1 saturated carbocycles. The lowest BCUT2D eigenvalue weighted by Gasteiger charge is -2.09. The minimum absolute atomic E-state index is 0.0137. The molecule has 1 unspecified atom stereocenters. The maximum absolute atomic E-state index is 11.6. The zero-order valence-electron chi connectivity index (χ0n) is 12.5. The highest BCUT2D eigenvalue weighted by molar-refractivity contribution is 7.90. The van der Waals surface area contributed by atoms with Crippen molar-refractivity contribution in [3.05, 3.63) is 28.3 Å². The van der Waals surface area contributed by atoms with Crippen LogP contribution < -0.4 is 5.32 Å². The molecule has 8 nitrogen and oxygen atoms in total. The van der Waals surface area contributed by atoms with Crippen LogP contribution in [0.5, 0.6) is 0 Å². The molecule has 11 heteroatoms. The highest BCUT2D eigenvalue weighted by Gasteiger charge is 2.52. The SMILES string of the molecule is CS(=O)(=O)c1ccc(NCC(=O)OCC2CC2(Cl)Cl)c([N+](=O)[O-])c1. The molecule has 1 aliphatic rings. The Hall–Kier alpha value is -1.58. The summed E-state index contributed by atoms with van der Waals surface area (Å²) in [6.45, 7) is -0.244. The van der Waals surface area contributed by atoms with Crippen molar-refractivity contribution in [3.63, 3.8) is 0 Å². The molecule has 1 atom stereocenters. The summed E-state index contributed by atoms with van der Waals surface area (Å²) in [6, 6.07) is 3.38. The lowest BCUT2D eigenvalue weighted by atomic mass is 10.2. The molecule has 0 spiro atoms. The Kier molecular flexibility index (Phi) is 5.26. The van der Waals surface area contributed by atoms with E-state index in [1.165, 1.54) is 12.1 Å². The number of sulfone groups is 1. The van der Waals surface area contributed by atoms with E-state index in [0.717, 1.165) is 12.3 Å². The number of carbonyl (C=O) groups is 1. The molecule has 0 aromatic heterocycles. The number of nitrogens with zero attached hydrogens (tertiary/aromatic N) is 1. The maximum Gasteiger partial charge on any atom is 0.325 e. The highest BCUT2D eigenvalue weighted by atomic mass is 35.5. The first-order chi connectivity index (χ1) is 11.0. The van der Waals surface area contributed by atoms with E-state index in [4.69, 9.17) is 27.9 Å². The van der Waals surface area contributed by atoms with Gasteiger partial charge in [-0.15, -0.1) is 23.2 Å². The van der Waals surface area contributed by atoms with Crippen LogP contribution in [0.3, 0.4) is 0 Å². The molecule has 132 valence electrons. The molecule has 0 saturated heterocycles. The molecule has 1 aromatic carbocycles. The van der Waals surface area contributed by atoms with Gasteiger partial charge >= 0.3 is 5.97 Å². The Morgan fingerprint density at radius 2 is 2.12 bits per heavy atom. The fourth-order valence-corrected chi connectivity index (χ4v) is 3.04. The molecule has 1 fully saturated rings. The number of ether oxygens (including phenoxy) is 1. The smallest absolute Gasteiger partial charge is 0.325 e. The number of alkyl halides is 2. The molecule has 0 heterocycles. The number of nitro benzene ring substituents is 1. The van der Waals surface area contributed by atoms with E-state index in [1.807, 2.05) is 0 Å². The maximum atomic E-state index is 11.6. The van der Waals surface area contributed by atoms with Gasteiger partial charge in [0.1, 0.15) is 16.6 Å². The summed E-state index contributed by atoms with van der Waals surface area (Å²) in [5, 5.41) is 13.6. The Bertz CT molecular complexity index is 781. The van der Waals surface area contributed by atoms with Crippen LogP contribution in [-0.4, -0.2) is 43.1 Å². The Morgan fingerprint density at radius 1 is 1.50 bits per heavy atom. The van der Waals surface area contributed by atoms with Crippen LogP contribution in [0.25, 0.3) is 0 Å². The van der Waals surface area contributed by atoms with E-state index in [0.29, 0.717) is 6.42 Å². The lowest BCUT2D eigenvalue weighted by Crippen LogP contribution is -2.19.